The molecular formula is C13H23N5O2S+2. The minimum atomic E-state index is -0.846. The molecule has 0 aromatic carbocycles. The summed E-state index contributed by atoms with van der Waals surface area (Å²) in [6.07, 6.45) is 1.47. The van der Waals surface area contributed by atoms with Crippen molar-refractivity contribution in [3.63, 3.8) is 0 Å². The molecule has 4 N–H and O–H groups in total. The molecule has 2 aliphatic heterocycles. The van der Waals surface area contributed by atoms with Crippen molar-refractivity contribution in [2.24, 2.45) is 10.9 Å². The highest BCUT2D eigenvalue weighted by Gasteiger charge is 2.36. The summed E-state index contributed by atoms with van der Waals surface area (Å²) in [6.45, 7) is 8.48. The first-order valence-electron chi connectivity index (χ1n) is 7.45. The average molecular weight is 313 g/mol. The fourth-order valence-corrected chi connectivity index (χ4v) is 2.92. The van der Waals surface area contributed by atoms with Crippen LogP contribution < -0.4 is 15.5 Å². The van der Waals surface area contributed by atoms with E-state index in [2.05, 4.69) is 15.6 Å². The van der Waals surface area contributed by atoms with Crippen molar-refractivity contribution in [2.45, 2.75) is 6.92 Å². The van der Waals surface area contributed by atoms with Gasteiger partial charge in [-0.25, -0.2) is 0 Å². The third kappa shape index (κ3) is 4.05. The maximum atomic E-state index is 12.2. The Labute approximate surface area is 129 Å². The molecular weight excluding hydrogens is 290 g/mol. The first-order valence-corrected chi connectivity index (χ1v) is 7.85. The number of aliphatic imine (C=N–C) groups is 1. The first kappa shape index (κ1) is 16.0. The molecule has 0 spiro atoms. The normalized spacial score (nSPS) is 24.7. The van der Waals surface area contributed by atoms with E-state index >= 15 is 0 Å². The highest BCUT2D eigenvalue weighted by molar-refractivity contribution is 7.80. The molecule has 0 aliphatic carbocycles. The molecule has 0 bridgehead atoms. The summed E-state index contributed by atoms with van der Waals surface area (Å²) in [5.74, 6) is -1.50. The summed E-state index contributed by atoms with van der Waals surface area (Å²) in [4.78, 5) is 31.2. The van der Waals surface area contributed by atoms with Gasteiger partial charge in [-0.05, 0) is 19.1 Å². The Kier molecular flexibility index (Phi) is 5.77. The minimum Gasteiger partial charge on any atom is -0.337 e. The number of hydrogen-bond acceptors (Lipinski definition) is 4. The molecule has 0 radical (unpaired) electrons. The van der Waals surface area contributed by atoms with E-state index in [1.54, 1.807) is 0 Å². The summed E-state index contributed by atoms with van der Waals surface area (Å²) in [7, 11) is 0. The van der Waals surface area contributed by atoms with Crippen molar-refractivity contribution < 1.29 is 19.8 Å². The molecule has 8 heteroatoms. The van der Waals surface area contributed by atoms with Gasteiger partial charge in [0.25, 0.3) is 0 Å². The lowest BCUT2D eigenvalue weighted by Crippen LogP contribution is -3.20. The number of piperazine rings is 1. The summed E-state index contributed by atoms with van der Waals surface area (Å²) in [6, 6.07) is 0. The van der Waals surface area contributed by atoms with E-state index in [9.17, 15) is 9.59 Å². The van der Waals surface area contributed by atoms with Crippen molar-refractivity contribution in [3.8, 4) is 0 Å². The van der Waals surface area contributed by atoms with Crippen LogP contribution in [0.25, 0.3) is 0 Å². The van der Waals surface area contributed by atoms with Gasteiger partial charge in [0.15, 0.2) is 11.0 Å². The van der Waals surface area contributed by atoms with Crippen LogP contribution in [0.4, 0.5) is 0 Å². The van der Waals surface area contributed by atoms with E-state index < -0.39 is 5.92 Å². The third-order valence-corrected chi connectivity index (χ3v) is 4.18. The molecule has 0 saturated carbocycles. The van der Waals surface area contributed by atoms with Gasteiger partial charge in [0.2, 0.25) is 11.8 Å². The van der Waals surface area contributed by atoms with Crippen molar-refractivity contribution in [3.05, 3.63) is 0 Å². The molecule has 2 amide bonds. The Balaban J connectivity index is 1.85. The summed E-state index contributed by atoms with van der Waals surface area (Å²) in [5.41, 5.74) is 0. The molecule has 2 fully saturated rings. The van der Waals surface area contributed by atoms with Gasteiger partial charge < -0.3 is 15.5 Å². The second-order valence-corrected chi connectivity index (χ2v) is 5.66. The van der Waals surface area contributed by atoms with Crippen LogP contribution >= 0.6 is 12.2 Å². The fourth-order valence-electron chi connectivity index (χ4n) is 2.60. The first-order chi connectivity index (χ1) is 10.1. The number of thiocarbonyl (C=S) groups is 1. The monoisotopic (exact) mass is 313 g/mol. The van der Waals surface area contributed by atoms with Crippen LogP contribution in [-0.4, -0.2) is 73.9 Å². The molecule has 2 saturated heterocycles. The highest BCUT2D eigenvalue weighted by Crippen LogP contribution is 2.08. The SMILES string of the molecule is CCN1C(=O)[C@H](C=NCC[NH+]2CC[NH2+]CC2)C(=O)NC1=S. The van der Waals surface area contributed by atoms with Crippen molar-refractivity contribution in [2.75, 3.05) is 45.8 Å². The van der Waals surface area contributed by atoms with Crippen molar-refractivity contribution >= 4 is 35.4 Å². The van der Waals surface area contributed by atoms with Crippen LogP contribution in [0.5, 0.6) is 0 Å². The quantitative estimate of drug-likeness (QED) is 0.279. The Morgan fingerprint density at radius 1 is 1.48 bits per heavy atom. The number of nitrogens with zero attached hydrogens (tertiary/aromatic N) is 2. The van der Waals surface area contributed by atoms with Crippen LogP contribution in [0.1, 0.15) is 6.92 Å². The molecule has 2 aliphatic rings. The molecule has 0 aromatic heterocycles. The summed E-state index contributed by atoms with van der Waals surface area (Å²) >= 11 is 4.98. The van der Waals surface area contributed by atoms with Crippen LogP contribution in [-0.2, 0) is 9.59 Å². The maximum absolute atomic E-state index is 12.2. The Morgan fingerprint density at radius 3 is 2.86 bits per heavy atom. The molecule has 21 heavy (non-hydrogen) atoms. The number of rotatable bonds is 5. The fraction of sp³-hybridized carbons (Fsp3) is 0.692. The summed E-state index contributed by atoms with van der Waals surface area (Å²) in [5, 5.41) is 5.05. The zero-order chi connectivity index (χ0) is 15.2. The van der Waals surface area contributed by atoms with E-state index in [1.165, 1.54) is 16.0 Å². The third-order valence-electron chi connectivity index (χ3n) is 3.86. The van der Waals surface area contributed by atoms with Gasteiger partial charge in [0.05, 0.1) is 13.1 Å². The van der Waals surface area contributed by atoms with Crippen LogP contribution in [0.3, 0.4) is 0 Å². The molecule has 0 unspecified atom stereocenters. The number of carbonyl (C=O) groups is 2. The number of nitrogens with two attached hydrogens (primary N) is 1. The lowest BCUT2D eigenvalue weighted by atomic mass is 10.1. The van der Waals surface area contributed by atoms with Gasteiger partial charge >= 0.3 is 0 Å². The van der Waals surface area contributed by atoms with Crippen molar-refractivity contribution in [1.29, 1.82) is 0 Å². The highest BCUT2D eigenvalue weighted by atomic mass is 32.1. The largest absolute Gasteiger partial charge is 0.337 e. The smallest absolute Gasteiger partial charge is 0.246 e. The number of carbonyl (C=O) groups excluding carboxylic acids is 2. The second-order valence-electron chi connectivity index (χ2n) is 5.28. The van der Waals surface area contributed by atoms with Crippen LogP contribution in [0.15, 0.2) is 4.99 Å². The molecule has 1 atom stereocenters. The zero-order valence-electron chi connectivity index (χ0n) is 12.3. The Bertz CT molecular complexity index is 448. The lowest BCUT2D eigenvalue weighted by Gasteiger charge is -2.29. The Morgan fingerprint density at radius 2 is 2.19 bits per heavy atom. The van der Waals surface area contributed by atoms with E-state index in [4.69, 9.17) is 12.2 Å². The standard InChI is InChI=1S/C13H21N5O2S/c1-2-18-12(20)10(11(19)16-13(18)21)9-15-5-8-17-6-3-14-4-7-17/h9-10,14H,2-8H2,1H3,(H,16,19,21)/p+2/t10-/m1/s1. The lowest BCUT2D eigenvalue weighted by molar-refractivity contribution is -0.945. The van der Waals surface area contributed by atoms with Crippen molar-refractivity contribution in [1.82, 2.24) is 10.2 Å². The number of quaternary nitrogens is 2. The van der Waals surface area contributed by atoms with Crippen LogP contribution in [0, 0.1) is 5.92 Å². The minimum absolute atomic E-state index is 0.186. The molecule has 116 valence electrons. The van der Waals surface area contributed by atoms with Gasteiger partial charge in [-0.15, -0.1) is 0 Å². The predicted octanol–water partition coefficient (Wildman–Crippen LogP) is -3.60. The average Bonchev–Trinajstić information content (AvgIpc) is 2.47. The topological polar surface area (TPSA) is 82.8 Å². The predicted molar refractivity (Wildman–Crippen MR) is 82.2 cm³/mol. The van der Waals surface area contributed by atoms with Gasteiger partial charge in [0.1, 0.15) is 26.2 Å². The Hall–Kier alpha value is -1.38. The maximum Gasteiger partial charge on any atom is 0.246 e. The van der Waals surface area contributed by atoms with Crippen LogP contribution in [0.2, 0.25) is 0 Å². The van der Waals surface area contributed by atoms with E-state index in [-0.39, 0.29) is 16.9 Å². The number of amides is 2. The molecule has 7 nitrogen and oxygen atoms in total. The summed E-state index contributed by atoms with van der Waals surface area (Å²) < 4.78 is 0. The molecule has 2 rings (SSSR count). The van der Waals surface area contributed by atoms with Gasteiger partial charge in [-0.2, -0.15) is 0 Å². The van der Waals surface area contributed by atoms with Gasteiger partial charge in [-0.1, -0.05) is 0 Å². The number of hydrogen-bond donors (Lipinski definition) is 3. The number of nitrogens with one attached hydrogen (secondary N) is 2. The van der Waals surface area contributed by atoms with E-state index in [0.29, 0.717) is 13.1 Å². The van der Waals surface area contributed by atoms with Gasteiger partial charge in [0, 0.05) is 12.8 Å². The van der Waals surface area contributed by atoms with Gasteiger partial charge in [-0.3, -0.25) is 19.5 Å². The van der Waals surface area contributed by atoms with E-state index in [1.807, 2.05) is 6.92 Å². The second kappa shape index (κ2) is 7.58. The molecule has 0 aromatic rings. The zero-order valence-corrected chi connectivity index (χ0v) is 13.1. The van der Waals surface area contributed by atoms with E-state index in [0.717, 1.165) is 32.7 Å². The molecule has 2 heterocycles.